The summed E-state index contributed by atoms with van der Waals surface area (Å²) in [6, 6.07) is 4.11. The number of morpholine rings is 1. The number of hydrogen-bond acceptors (Lipinski definition) is 6. The smallest absolute Gasteiger partial charge is 0.335 e. The molecule has 128 valence electrons. The highest BCUT2D eigenvalue weighted by molar-refractivity contribution is 7.89. The number of anilines is 1. The maximum absolute atomic E-state index is 12.5. The number of carbonyl (C=O) groups is 1. The highest BCUT2D eigenvalue weighted by atomic mass is 32.2. The van der Waals surface area contributed by atoms with E-state index in [-0.39, 0.29) is 23.6 Å². The zero-order valence-corrected chi connectivity index (χ0v) is 13.6. The van der Waals surface area contributed by atoms with Crippen LogP contribution in [-0.2, 0) is 19.5 Å². The normalized spacial score (nSPS) is 15.6. The van der Waals surface area contributed by atoms with E-state index in [0.717, 1.165) is 0 Å². The Hall–Kier alpha value is -1.68. The van der Waals surface area contributed by atoms with Gasteiger partial charge in [0.2, 0.25) is 10.0 Å². The number of ether oxygens (including phenoxy) is 2. The molecular weight excluding hydrogens is 324 g/mol. The Morgan fingerprint density at radius 3 is 2.70 bits per heavy atom. The topological polar surface area (TPSA) is 105 Å². The summed E-state index contributed by atoms with van der Waals surface area (Å²) in [7, 11) is -2.37. The summed E-state index contributed by atoms with van der Waals surface area (Å²) in [5, 5.41) is 9.12. The number of nitrogens with one attached hydrogen (secondary N) is 1. The highest BCUT2D eigenvalue weighted by Crippen LogP contribution is 2.27. The molecule has 2 N–H and O–H groups in total. The molecule has 1 aromatic carbocycles. The number of carboxylic acids is 1. The van der Waals surface area contributed by atoms with Gasteiger partial charge in [0.1, 0.15) is 4.90 Å². The number of sulfonamides is 1. The molecule has 1 aromatic rings. The second-order valence-corrected chi connectivity index (χ2v) is 6.71. The molecule has 0 spiro atoms. The molecule has 1 fully saturated rings. The quantitative estimate of drug-likeness (QED) is 0.678. The molecule has 0 bridgehead atoms. The first-order valence-corrected chi connectivity index (χ1v) is 8.62. The summed E-state index contributed by atoms with van der Waals surface area (Å²) in [4.78, 5) is 13.0. The fourth-order valence-electron chi connectivity index (χ4n) is 2.28. The van der Waals surface area contributed by atoms with Crippen molar-refractivity contribution in [2.24, 2.45) is 0 Å². The SMILES string of the molecule is COCCNS(=O)(=O)c1cc(C(=O)O)ccc1N1CCOCC1. The van der Waals surface area contributed by atoms with Gasteiger partial charge in [-0.15, -0.1) is 0 Å². The van der Waals surface area contributed by atoms with Crippen molar-refractivity contribution < 1.29 is 27.8 Å². The lowest BCUT2D eigenvalue weighted by Gasteiger charge is -2.30. The summed E-state index contributed by atoms with van der Waals surface area (Å²) in [6.07, 6.45) is 0. The van der Waals surface area contributed by atoms with Crippen LogP contribution in [0.1, 0.15) is 10.4 Å². The monoisotopic (exact) mass is 344 g/mol. The van der Waals surface area contributed by atoms with E-state index in [0.29, 0.717) is 32.0 Å². The summed E-state index contributed by atoms with van der Waals surface area (Å²) in [5.74, 6) is -1.17. The van der Waals surface area contributed by atoms with E-state index in [9.17, 15) is 13.2 Å². The summed E-state index contributed by atoms with van der Waals surface area (Å²) >= 11 is 0. The molecule has 1 saturated heterocycles. The van der Waals surface area contributed by atoms with Gasteiger partial charge < -0.3 is 19.5 Å². The molecule has 0 atom stereocenters. The maximum atomic E-state index is 12.5. The van der Waals surface area contributed by atoms with Crippen LogP contribution >= 0.6 is 0 Å². The average molecular weight is 344 g/mol. The fourth-order valence-corrected chi connectivity index (χ4v) is 3.55. The minimum atomic E-state index is -3.84. The maximum Gasteiger partial charge on any atom is 0.335 e. The molecule has 1 aliphatic rings. The zero-order valence-electron chi connectivity index (χ0n) is 12.8. The van der Waals surface area contributed by atoms with Crippen molar-refractivity contribution in [2.75, 3.05) is 51.5 Å². The lowest BCUT2D eigenvalue weighted by Crippen LogP contribution is -2.38. The fraction of sp³-hybridized carbons (Fsp3) is 0.500. The van der Waals surface area contributed by atoms with Crippen molar-refractivity contribution >= 4 is 21.7 Å². The zero-order chi connectivity index (χ0) is 16.9. The van der Waals surface area contributed by atoms with Crippen LogP contribution < -0.4 is 9.62 Å². The Morgan fingerprint density at radius 1 is 1.39 bits per heavy atom. The Labute approximate surface area is 135 Å². The molecule has 0 unspecified atom stereocenters. The third-order valence-corrected chi connectivity index (χ3v) is 4.94. The molecule has 0 amide bonds. The third kappa shape index (κ3) is 4.41. The van der Waals surface area contributed by atoms with Crippen LogP contribution in [0.4, 0.5) is 5.69 Å². The third-order valence-electron chi connectivity index (χ3n) is 3.45. The van der Waals surface area contributed by atoms with Crippen molar-refractivity contribution in [1.29, 1.82) is 0 Å². The lowest BCUT2D eigenvalue weighted by atomic mass is 10.2. The summed E-state index contributed by atoms with van der Waals surface area (Å²) in [6.45, 7) is 2.43. The minimum Gasteiger partial charge on any atom is -0.478 e. The second kappa shape index (κ2) is 7.73. The van der Waals surface area contributed by atoms with E-state index in [4.69, 9.17) is 14.6 Å². The molecule has 2 rings (SSSR count). The first kappa shape index (κ1) is 17.7. The molecule has 1 aliphatic heterocycles. The number of rotatable bonds is 7. The van der Waals surface area contributed by atoms with Crippen LogP contribution in [0.3, 0.4) is 0 Å². The number of methoxy groups -OCH3 is 1. The van der Waals surface area contributed by atoms with Crippen LogP contribution in [0.25, 0.3) is 0 Å². The number of carboxylic acid groups (broad SMARTS) is 1. The molecule has 8 nitrogen and oxygen atoms in total. The van der Waals surface area contributed by atoms with Gasteiger partial charge in [0.05, 0.1) is 31.1 Å². The summed E-state index contributed by atoms with van der Waals surface area (Å²) < 4.78 is 37.6. The van der Waals surface area contributed by atoms with Crippen molar-refractivity contribution in [3.8, 4) is 0 Å². The minimum absolute atomic E-state index is 0.0459. The van der Waals surface area contributed by atoms with E-state index in [1.807, 2.05) is 4.90 Å². The molecule has 1 heterocycles. The van der Waals surface area contributed by atoms with E-state index in [2.05, 4.69) is 4.72 Å². The van der Waals surface area contributed by atoms with Gasteiger partial charge in [-0.2, -0.15) is 0 Å². The first-order chi connectivity index (χ1) is 11.0. The number of benzene rings is 1. The van der Waals surface area contributed by atoms with Crippen LogP contribution in [0.15, 0.2) is 23.1 Å². The van der Waals surface area contributed by atoms with Crippen LogP contribution in [0.2, 0.25) is 0 Å². The molecule has 9 heteroatoms. The van der Waals surface area contributed by atoms with Gasteiger partial charge in [-0.05, 0) is 18.2 Å². The van der Waals surface area contributed by atoms with Crippen molar-refractivity contribution in [2.45, 2.75) is 4.90 Å². The molecular formula is C14H20N2O6S. The predicted octanol–water partition coefficient (Wildman–Crippen LogP) is 0.146. The largest absolute Gasteiger partial charge is 0.478 e. The molecule has 0 radical (unpaired) electrons. The Morgan fingerprint density at radius 2 is 2.09 bits per heavy atom. The summed E-state index contributed by atoms with van der Waals surface area (Å²) in [5.41, 5.74) is 0.400. The van der Waals surface area contributed by atoms with Gasteiger partial charge in [0.15, 0.2) is 0 Å². The van der Waals surface area contributed by atoms with Crippen molar-refractivity contribution in [1.82, 2.24) is 4.72 Å². The van der Waals surface area contributed by atoms with E-state index >= 15 is 0 Å². The number of nitrogens with zero attached hydrogens (tertiary/aromatic N) is 1. The molecule has 0 saturated carbocycles. The van der Waals surface area contributed by atoms with Gasteiger partial charge in [-0.25, -0.2) is 17.9 Å². The lowest BCUT2D eigenvalue weighted by molar-refractivity contribution is 0.0696. The van der Waals surface area contributed by atoms with Crippen LogP contribution in [0.5, 0.6) is 0 Å². The van der Waals surface area contributed by atoms with Crippen molar-refractivity contribution in [3.63, 3.8) is 0 Å². The Balaban J connectivity index is 2.39. The van der Waals surface area contributed by atoms with E-state index < -0.39 is 16.0 Å². The molecule has 0 aromatic heterocycles. The van der Waals surface area contributed by atoms with Crippen molar-refractivity contribution in [3.05, 3.63) is 23.8 Å². The van der Waals surface area contributed by atoms with E-state index in [1.165, 1.54) is 25.3 Å². The van der Waals surface area contributed by atoms with Crippen LogP contribution in [0, 0.1) is 0 Å². The standard InChI is InChI=1S/C14H20N2O6S/c1-21-7-4-15-23(19,20)13-10-11(14(17)18)2-3-12(13)16-5-8-22-9-6-16/h2-3,10,15H,4-9H2,1H3,(H,17,18). The second-order valence-electron chi connectivity index (χ2n) is 4.98. The van der Waals surface area contributed by atoms with Gasteiger partial charge in [-0.3, -0.25) is 0 Å². The highest BCUT2D eigenvalue weighted by Gasteiger charge is 2.24. The molecule has 0 aliphatic carbocycles. The number of hydrogen-bond donors (Lipinski definition) is 2. The average Bonchev–Trinajstić information content (AvgIpc) is 2.55. The van der Waals surface area contributed by atoms with Crippen LogP contribution in [-0.4, -0.2) is 66.1 Å². The number of aromatic carboxylic acids is 1. The van der Waals surface area contributed by atoms with Gasteiger partial charge in [0, 0.05) is 26.7 Å². The predicted molar refractivity (Wildman–Crippen MR) is 83.5 cm³/mol. The van der Waals surface area contributed by atoms with E-state index in [1.54, 1.807) is 0 Å². The van der Waals surface area contributed by atoms with Gasteiger partial charge in [-0.1, -0.05) is 0 Å². The Bertz CT molecular complexity index is 655. The van der Waals surface area contributed by atoms with Gasteiger partial charge in [0.25, 0.3) is 0 Å². The van der Waals surface area contributed by atoms with Gasteiger partial charge >= 0.3 is 5.97 Å². The molecule has 23 heavy (non-hydrogen) atoms. The Kier molecular flexibility index (Phi) is 5.94. The first-order valence-electron chi connectivity index (χ1n) is 7.14.